The molecular formula is C15H22N2O4. The van der Waals surface area contributed by atoms with E-state index in [0.717, 1.165) is 25.9 Å². The zero-order valence-corrected chi connectivity index (χ0v) is 12.7. The molecule has 1 aliphatic heterocycles. The Morgan fingerprint density at radius 2 is 1.86 bits per heavy atom. The largest absolute Gasteiger partial charge is 0.493 e. The number of hydrogen-bond donors (Lipinski definition) is 2. The Bertz CT molecular complexity index is 473. The molecule has 0 spiro atoms. The van der Waals surface area contributed by atoms with Crippen molar-refractivity contribution in [2.75, 3.05) is 39.7 Å². The van der Waals surface area contributed by atoms with Crippen molar-refractivity contribution in [2.45, 2.75) is 12.8 Å². The number of carbonyl (C=O) groups excluding carboxylic acids is 1. The number of methoxy groups -OCH3 is 3. The Hall–Kier alpha value is -1.95. The monoisotopic (exact) mass is 294 g/mol. The highest BCUT2D eigenvalue weighted by atomic mass is 16.5. The van der Waals surface area contributed by atoms with Gasteiger partial charge in [-0.1, -0.05) is 0 Å². The maximum absolute atomic E-state index is 12.3. The van der Waals surface area contributed by atoms with E-state index in [2.05, 4.69) is 10.6 Å². The predicted octanol–water partition coefficient (Wildman–Crippen LogP) is 1.65. The van der Waals surface area contributed by atoms with Gasteiger partial charge in [-0.05, 0) is 19.4 Å². The second-order valence-electron chi connectivity index (χ2n) is 4.95. The quantitative estimate of drug-likeness (QED) is 0.864. The molecule has 1 aliphatic rings. The number of nitrogens with one attached hydrogen (secondary N) is 2. The molecule has 1 heterocycles. The minimum absolute atomic E-state index is 0.00200. The summed E-state index contributed by atoms with van der Waals surface area (Å²) in [6, 6.07) is 3.46. The molecule has 0 bridgehead atoms. The smallest absolute Gasteiger partial charge is 0.228 e. The average Bonchev–Trinajstić information content (AvgIpc) is 2.54. The molecule has 2 N–H and O–H groups in total. The van der Waals surface area contributed by atoms with E-state index in [1.165, 1.54) is 0 Å². The molecule has 0 aliphatic carbocycles. The highest BCUT2D eigenvalue weighted by molar-refractivity contribution is 5.93. The third kappa shape index (κ3) is 3.58. The zero-order chi connectivity index (χ0) is 15.2. The standard InChI is InChI=1S/C15H22N2O4/c1-19-12-7-11(8-13(20-2)14(12)21-3)17-15(18)10-5-4-6-16-9-10/h7-8,10,16H,4-6,9H2,1-3H3,(H,17,18). The van der Waals surface area contributed by atoms with Crippen LogP contribution >= 0.6 is 0 Å². The zero-order valence-electron chi connectivity index (χ0n) is 12.7. The SMILES string of the molecule is COc1cc(NC(=O)C2CCCNC2)cc(OC)c1OC. The number of amides is 1. The summed E-state index contributed by atoms with van der Waals surface area (Å²) in [7, 11) is 4.65. The van der Waals surface area contributed by atoms with Gasteiger partial charge in [0.2, 0.25) is 11.7 Å². The molecule has 0 aromatic heterocycles. The summed E-state index contributed by atoms with van der Waals surface area (Å²) >= 11 is 0. The first-order valence-corrected chi connectivity index (χ1v) is 7.01. The Morgan fingerprint density at radius 3 is 2.33 bits per heavy atom. The molecule has 0 radical (unpaired) electrons. The van der Waals surface area contributed by atoms with Crippen LogP contribution in [0.1, 0.15) is 12.8 Å². The Balaban J connectivity index is 2.17. The van der Waals surface area contributed by atoms with Crippen LogP contribution in [0.4, 0.5) is 5.69 Å². The van der Waals surface area contributed by atoms with Crippen LogP contribution in [0, 0.1) is 5.92 Å². The lowest BCUT2D eigenvalue weighted by molar-refractivity contribution is -0.120. The van der Waals surface area contributed by atoms with Crippen LogP contribution in [-0.2, 0) is 4.79 Å². The number of carbonyl (C=O) groups is 1. The fraction of sp³-hybridized carbons (Fsp3) is 0.533. The molecule has 116 valence electrons. The third-order valence-electron chi connectivity index (χ3n) is 3.60. The summed E-state index contributed by atoms with van der Waals surface area (Å²) in [5.41, 5.74) is 0.639. The van der Waals surface area contributed by atoms with E-state index in [-0.39, 0.29) is 11.8 Å². The first-order chi connectivity index (χ1) is 10.2. The molecule has 1 fully saturated rings. The number of piperidine rings is 1. The van der Waals surface area contributed by atoms with Crippen molar-refractivity contribution >= 4 is 11.6 Å². The summed E-state index contributed by atoms with van der Waals surface area (Å²) < 4.78 is 15.8. The van der Waals surface area contributed by atoms with Crippen LogP contribution in [0.2, 0.25) is 0 Å². The van der Waals surface area contributed by atoms with Crippen LogP contribution in [-0.4, -0.2) is 40.3 Å². The van der Waals surface area contributed by atoms with Gasteiger partial charge >= 0.3 is 0 Å². The molecule has 1 amide bonds. The Morgan fingerprint density at radius 1 is 1.19 bits per heavy atom. The summed E-state index contributed by atoms with van der Waals surface area (Å²) in [5, 5.41) is 6.15. The molecule has 1 saturated heterocycles. The lowest BCUT2D eigenvalue weighted by Crippen LogP contribution is -2.37. The van der Waals surface area contributed by atoms with Crippen molar-refractivity contribution in [1.82, 2.24) is 5.32 Å². The second-order valence-corrected chi connectivity index (χ2v) is 4.95. The first-order valence-electron chi connectivity index (χ1n) is 7.01. The van der Waals surface area contributed by atoms with Crippen molar-refractivity contribution in [3.05, 3.63) is 12.1 Å². The highest BCUT2D eigenvalue weighted by Gasteiger charge is 2.22. The van der Waals surface area contributed by atoms with Gasteiger partial charge in [0.25, 0.3) is 0 Å². The van der Waals surface area contributed by atoms with Gasteiger partial charge in [0.1, 0.15) is 0 Å². The lowest BCUT2D eigenvalue weighted by atomic mass is 9.99. The van der Waals surface area contributed by atoms with E-state index in [1.54, 1.807) is 33.5 Å². The highest BCUT2D eigenvalue weighted by Crippen LogP contribution is 2.40. The van der Waals surface area contributed by atoms with Gasteiger partial charge in [0, 0.05) is 24.4 Å². The van der Waals surface area contributed by atoms with Gasteiger partial charge in [0.15, 0.2) is 11.5 Å². The predicted molar refractivity (Wildman–Crippen MR) is 80.3 cm³/mol. The van der Waals surface area contributed by atoms with Gasteiger partial charge in [0.05, 0.1) is 27.2 Å². The maximum atomic E-state index is 12.3. The van der Waals surface area contributed by atoms with E-state index >= 15 is 0 Å². The average molecular weight is 294 g/mol. The van der Waals surface area contributed by atoms with Gasteiger partial charge in [-0.25, -0.2) is 0 Å². The summed E-state index contributed by atoms with van der Waals surface area (Å²) in [6.45, 7) is 1.70. The number of ether oxygens (including phenoxy) is 3. The molecule has 2 rings (SSSR count). The lowest BCUT2D eigenvalue weighted by Gasteiger charge is -2.22. The van der Waals surface area contributed by atoms with Crippen molar-refractivity contribution in [3.63, 3.8) is 0 Å². The molecule has 6 nitrogen and oxygen atoms in total. The molecule has 1 aromatic rings. The normalized spacial score (nSPS) is 18.0. The number of rotatable bonds is 5. The van der Waals surface area contributed by atoms with E-state index in [0.29, 0.717) is 22.9 Å². The maximum Gasteiger partial charge on any atom is 0.228 e. The van der Waals surface area contributed by atoms with Crippen LogP contribution in [0.3, 0.4) is 0 Å². The molecule has 1 atom stereocenters. The van der Waals surface area contributed by atoms with Gasteiger partial charge in [-0.2, -0.15) is 0 Å². The third-order valence-corrected chi connectivity index (χ3v) is 3.60. The second kappa shape index (κ2) is 7.17. The Kier molecular flexibility index (Phi) is 5.27. The van der Waals surface area contributed by atoms with E-state index in [1.807, 2.05) is 0 Å². The number of hydrogen-bond acceptors (Lipinski definition) is 5. The van der Waals surface area contributed by atoms with Gasteiger partial charge < -0.3 is 24.8 Å². The van der Waals surface area contributed by atoms with Crippen LogP contribution < -0.4 is 24.8 Å². The molecule has 0 saturated carbocycles. The van der Waals surface area contributed by atoms with Crippen LogP contribution in [0.5, 0.6) is 17.2 Å². The molecule has 1 unspecified atom stereocenters. The van der Waals surface area contributed by atoms with Crippen LogP contribution in [0.15, 0.2) is 12.1 Å². The molecular weight excluding hydrogens is 272 g/mol. The van der Waals surface area contributed by atoms with E-state index < -0.39 is 0 Å². The summed E-state index contributed by atoms with van der Waals surface area (Å²) in [6.07, 6.45) is 1.93. The fourth-order valence-corrected chi connectivity index (χ4v) is 2.47. The van der Waals surface area contributed by atoms with Crippen molar-refractivity contribution in [1.29, 1.82) is 0 Å². The van der Waals surface area contributed by atoms with Crippen molar-refractivity contribution in [2.24, 2.45) is 5.92 Å². The molecule has 6 heteroatoms. The van der Waals surface area contributed by atoms with Crippen molar-refractivity contribution in [3.8, 4) is 17.2 Å². The van der Waals surface area contributed by atoms with Gasteiger partial charge in [-0.3, -0.25) is 4.79 Å². The van der Waals surface area contributed by atoms with E-state index in [4.69, 9.17) is 14.2 Å². The minimum atomic E-state index is -0.00200. The summed E-state index contributed by atoms with van der Waals surface area (Å²) in [5.74, 6) is 1.56. The van der Waals surface area contributed by atoms with Crippen molar-refractivity contribution < 1.29 is 19.0 Å². The first kappa shape index (κ1) is 15.4. The topological polar surface area (TPSA) is 68.8 Å². The summed E-state index contributed by atoms with van der Waals surface area (Å²) in [4.78, 5) is 12.3. The number of benzene rings is 1. The van der Waals surface area contributed by atoms with E-state index in [9.17, 15) is 4.79 Å². The Labute approximate surface area is 124 Å². The minimum Gasteiger partial charge on any atom is -0.493 e. The van der Waals surface area contributed by atoms with Gasteiger partial charge in [-0.15, -0.1) is 0 Å². The van der Waals surface area contributed by atoms with Crippen LogP contribution in [0.25, 0.3) is 0 Å². The molecule has 21 heavy (non-hydrogen) atoms. The fourth-order valence-electron chi connectivity index (χ4n) is 2.47. The number of anilines is 1. The molecule has 1 aromatic carbocycles.